The fourth-order valence-corrected chi connectivity index (χ4v) is 2.87. The molecule has 0 aliphatic rings. The van der Waals surface area contributed by atoms with Gasteiger partial charge in [-0.2, -0.15) is 0 Å². The van der Waals surface area contributed by atoms with Crippen molar-refractivity contribution in [2.45, 2.75) is 51.6 Å². The smallest absolute Gasteiger partial charge is 0.214 e. The van der Waals surface area contributed by atoms with Crippen LogP contribution in [0.25, 0.3) is 0 Å². The van der Waals surface area contributed by atoms with Crippen LogP contribution in [-0.4, -0.2) is 19.5 Å². The normalized spacial score (nSPS) is 10.4. The van der Waals surface area contributed by atoms with Gasteiger partial charge in [0.2, 0.25) is 19.5 Å². The molecule has 0 aromatic carbocycles. The summed E-state index contributed by atoms with van der Waals surface area (Å²) in [5.41, 5.74) is 0. The number of hydrogen-bond donors (Lipinski definition) is 0. The second-order valence-corrected chi connectivity index (χ2v) is 4.99. The van der Waals surface area contributed by atoms with E-state index in [9.17, 15) is 0 Å². The lowest BCUT2D eigenvalue weighted by molar-refractivity contribution is 0.620. The molecule has 0 bridgehead atoms. The maximum Gasteiger partial charge on any atom is 0.214 e. The highest BCUT2D eigenvalue weighted by atomic mass is 28.3. The summed E-state index contributed by atoms with van der Waals surface area (Å²) in [5, 5.41) is 0. The molecule has 0 rings (SSSR count). The summed E-state index contributed by atoms with van der Waals surface area (Å²) >= 11 is 0. The third kappa shape index (κ3) is 10.4. The van der Waals surface area contributed by atoms with Crippen molar-refractivity contribution in [3.05, 3.63) is 0 Å². The molecule has 4 radical (unpaired) electrons. The standard InChI is InChI=1S/C8H18OSi2/c1-3-5-7-10-9-11-8-6-4-2/h3-8H2,1-2H3. The molecule has 11 heavy (non-hydrogen) atoms. The summed E-state index contributed by atoms with van der Waals surface area (Å²) in [6.45, 7) is 4.45. The average molecular weight is 186 g/mol. The van der Waals surface area contributed by atoms with Crippen LogP contribution < -0.4 is 0 Å². The second-order valence-electron chi connectivity index (χ2n) is 2.60. The van der Waals surface area contributed by atoms with E-state index in [4.69, 9.17) is 4.12 Å². The summed E-state index contributed by atoms with van der Waals surface area (Å²) in [6, 6.07) is 2.55. The van der Waals surface area contributed by atoms with Gasteiger partial charge in [-0.15, -0.1) is 0 Å². The van der Waals surface area contributed by atoms with Crippen molar-refractivity contribution in [2.75, 3.05) is 0 Å². The average Bonchev–Trinajstić information content (AvgIpc) is 2.03. The first-order valence-electron chi connectivity index (χ1n) is 4.53. The highest BCUT2D eigenvalue weighted by Crippen LogP contribution is 1.96. The van der Waals surface area contributed by atoms with Crippen molar-refractivity contribution in [2.24, 2.45) is 0 Å². The topological polar surface area (TPSA) is 9.23 Å². The Hall–Kier alpha value is 0.394. The fourth-order valence-electron chi connectivity index (χ4n) is 0.651. The van der Waals surface area contributed by atoms with E-state index in [-0.39, 0.29) is 0 Å². The Morgan fingerprint density at radius 3 is 1.73 bits per heavy atom. The van der Waals surface area contributed by atoms with E-state index in [0.717, 1.165) is 19.5 Å². The molecule has 0 heterocycles. The molecule has 0 aromatic heterocycles. The molecule has 1 nitrogen and oxygen atoms in total. The minimum atomic E-state index is 0.763. The Kier molecular flexibility index (Phi) is 10.8. The molecule has 0 atom stereocenters. The van der Waals surface area contributed by atoms with Crippen LogP contribution >= 0.6 is 0 Å². The predicted molar refractivity (Wildman–Crippen MR) is 52.0 cm³/mol. The third-order valence-corrected chi connectivity index (χ3v) is 3.68. The Bertz CT molecular complexity index is 61.1. The molecular weight excluding hydrogens is 168 g/mol. The summed E-state index contributed by atoms with van der Waals surface area (Å²) in [6.07, 6.45) is 5.26. The first kappa shape index (κ1) is 11.4. The highest BCUT2D eigenvalue weighted by Gasteiger charge is 1.92. The van der Waals surface area contributed by atoms with Crippen LogP contribution in [-0.2, 0) is 4.12 Å². The molecule has 0 unspecified atom stereocenters. The Labute approximate surface area is 75.8 Å². The molecule has 0 saturated carbocycles. The monoisotopic (exact) mass is 186 g/mol. The van der Waals surface area contributed by atoms with Gasteiger partial charge in [0.25, 0.3) is 0 Å². The Morgan fingerprint density at radius 2 is 1.36 bits per heavy atom. The molecule has 0 fully saturated rings. The van der Waals surface area contributed by atoms with E-state index < -0.39 is 0 Å². The van der Waals surface area contributed by atoms with Crippen molar-refractivity contribution in [3.63, 3.8) is 0 Å². The molecule has 0 N–H and O–H groups in total. The van der Waals surface area contributed by atoms with E-state index in [1.165, 1.54) is 37.8 Å². The van der Waals surface area contributed by atoms with E-state index in [1.54, 1.807) is 0 Å². The number of rotatable bonds is 8. The minimum absolute atomic E-state index is 0.763. The van der Waals surface area contributed by atoms with Crippen molar-refractivity contribution in [3.8, 4) is 0 Å². The van der Waals surface area contributed by atoms with E-state index in [1.807, 2.05) is 0 Å². The van der Waals surface area contributed by atoms with Crippen LogP contribution in [0.15, 0.2) is 0 Å². The summed E-state index contributed by atoms with van der Waals surface area (Å²) in [7, 11) is 1.53. The largest absolute Gasteiger partial charge is 0.457 e. The van der Waals surface area contributed by atoms with Crippen LogP contribution in [0.2, 0.25) is 12.1 Å². The molecule has 0 aromatic rings. The van der Waals surface area contributed by atoms with Gasteiger partial charge in [-0.05, 0) is 12.1 Å². The zero-order valence-electron chi connectivity index (χ0n) is 7.65. The molecule has 0 aliphatic heterocycles. The van der Waals surface area contributed by atoms with Crippen molar-refractivity contribution in [1.82, 2.24) is 0 Å². The van der Waals surface area contributed by atoms with Gasteiger partial charge in [0.05, 0.1) is 0 Å². The van der Waals surface area contributed by atoms with Crippen LogP contribution in [0.4, 0.5) is 0 Å². The lowest BCUT2D eigenvalue weighted by atomic mass is 10.4. The molecular formula is C8H18OSi2. The summed E-state index contributed by atoms with van der Waals surface area (Å²) in [5.74, 6) is 0. The summed E-state index contributed by atoms with van der Waals surface area (Å²) in [4.78, 5) is 0. The highest BCUT2D eigenvalue weighted by molar-refractivity contribution is 6.42. The minimum Gasteiger partial charge on any atom is -0.457 e. The number of unbranched alkanes of at least 4 members (excludes halogenated alkanes) is 2. The van der Waals surface area contributed by atoms with Gasteiger partial charge in [0, 0.05) is 0 Å². The zero-order valence-corrected chi connectivity index (χ0v) is 9.65. The molecule has 0 saturated heterocycles. The molecule has 0 aliphatic carbocycles. The van der Waals surface area contributed by atoms with Gasteiger partial charge in [-0.25, -0.2) is 0 Å². The zero-order chi connectivity index (χ0) is 8.36. The van der Waals surface area contributed by atoms with Crippen molar-refractivity contribution < 1.29 is 4.12 Å². The van der Waals surface area contributed by atoms with Gasteiger partial charge in [0.1, 0.15) is 0 Å². The van der Waals surface area contributed by atoms with E-state index in [2.05, 4.69) is 13.8 Å². The molecule has 0 amide bonds. The van der Waals surface area contributed by atoms with Crippen LogP contribution in [0.5, 0.6) is 0 Å². The SMILES string of the molecule is CCCC[Si]O[Si]CCCC. The maximum atomic E-state index is 5.49. The fraction of sp³-hybridized carbons (Fsp3) is 1.00. The molecule has 64 valence electrons. The van der Waals surface area contributed by atoms with Crippen LogP contribution in [0, 0.1) is 0 Å². The lowest BCUT2D eigenvalue weighted by Gasteiger charge is -1.98. The summed E-state index contributed by atoms with van der Waals surface area (Å²) < 4.78 is 5.49. The number of hydrogen-bond acceptors (Lipinski definition) is 1. The van der Waals surface area contributed by atoms with Crippen molar-refractivity contribution in [1.29, 1.82) is 0 Å². The predicted octanol–water partition coefficient (Wildman–Crippen LogP) is 2.68. The Balaban J connectivity index is 2.69. The van der Waals surface area contributed by atoms with Crippen molar-refractivity contribution >= 4 is 19.5 Å². The first-order chi connectivity index (χ1) is 5.41. The van der Waals surface area contributed by atoms with Gasteiger partial charge in [-0.1, -0.05) is 39.5 Å². The van der Waals surface area contributed by atoms with Crippen LogP contribution in [0.1, 0.15) is 39.5 Å². The van der Waals surface area contributed by atoms with Gasteiger partial charge >= 0.3 is 0 Å². The van der Waals surface area contributed by atoms with E-state index >= 15 is 0 Å². The van der Waals surface area contributed by atoms with Crippen LogP contribution in [0.3, 0.4) is 0 Å². The second kappa shape index (κ2) is 10.4. The Morgan fingerprint density at radius 1 is 0.909 bits per heavy atom. The maximum absolute atomic E-state index is 5.49. The lowest BCUT2D eigenvalue weighted by Crippen LogP contribution is -2.02. The molecule has 0 spiro atoms. The van der Waals surface area contributed by atoms with E-state index in [0.29, 0.717) is 0 Å². The quantitative estimate of drug-likeness (QED) is 0.418. The van der Waals surface area contributed by atoms with Gasteiger partial charge < -0.3 is 4.12 Å². The van der Waals surface area contributed by atoms with Gasteiger partial charge in [-0.3, -0.25) is 0 Å². The van der Waals surface area contributed by atoms with Gasteiger partial charge in [0.15, 0.2) is 0 Å². The third-order valence-electron chi connectivity index (χ3n) is 1.41. The molecule has 3 heteroatoms. The first-order valence-corrected chi connectivity index (χ1v) is 6.76.